The highest BCUT2D eigenvalue weighted by atomic mass is 32.1. The fourth-order valence-electron chi connectivity index (χ4n) is 1.96. The third-order valence-electron chi connectivity index (χ3n) is 2.74. The molecule has 0 radical (unpaired) electrons. The molecule has 1 unspecified atom stereocenters. The van der Waals surface area contributed by atoms with Crippen molar-refractivity contribution in [2.24, 2.45) is 0 Å². The first-order valence-corrected chi connectivity index (χ1v) is 5.35. The molecule has 0 aliphatic carbocycles. The number of thiol groups is 1. The molecule has 1 heterocycles. The summed E-state index contributed by atoms with van der Waals surface area (Å²) in [5.41, 5.74) is 1.23. The van der Waals surface area contributed by atoms with Gasteiger partial charge in [0.2, 0.25) is 0 Å². The molecule has 1 saturated heterocycles. The molecular formula is C11H14FNS. The predicted molar refractivity (Wildman–Crippen MR) is 58.9 cm³/mol. The topological polar surface area (TPSA) is 3.24 Å². The lowest BCUT2D eigenvalue weighted by molar-refractivity contribution is 0.346. The molecular weight excluding hydrogens is 197 g/mol. The van der Waals surface area contributed by atoms with Crippen molar-refractivity contribution in [1.82, 2.24) is 4.31 Å². The van der Waals surface area contributed by atoms with E-state index in [4.69, 9.17) is 0 Å². The van der Waals surface area contributed by atoms with Crippen LogP contribution in [0.15, 0.2) is 24.3 Å². The van der Waals surface area contributed by atoms with Gasteiger partial charge in [-0.25, -0.2) is 4.39 Å². The van der Waals surface area contributed by atoms with Crippen molar-refractivity contribution in [2.45, 2.75) is 18.8 Å². The fourth-order valence-corrected chi connectivity index (χ4v) is 2.30. The Kier molecular flexibility index (Phi) is 3.08. The van der Waals surface area contributed by atoms with Crippen LogP contribution in [0.25, 0.3) is 0 Å². The molecule has 1 aromatic rings. The van der Waals surface area contributed by atoms with Gasteiger partial charge in [0.15, 0.2) is 0 Å². The Balaban J connectivity index is 2.10. The standard InChI is InChI=1S/C11H14FNS/c12-11-5-3-9(4-6-11)10-2-1-7-13(14)8-10/h3-6,10,14H,1-2,7-8H2. The van der Waals surface area contributed by atoms with Gasteiger partial charge in [0, 0.05) is 13.1 Å². The van der Waals surface area contributed by atoms with Gasteiger partial charge in [0.25, 0.3) is 0 Å². The van der Waals surface area contributed by atoms with E-state index in [0.29, 0.717) is 5.92 Å². The molecule has 0 spiro atoms. The Labute approximate surface area is 89.5 Å². The molecule has 14 heavy (non-hydrogen) atoms. The van der Waals surface area contributed by atoms with Crippen LogP contribution in [0, 0.1) is 5.82 Å². The van der Waals surface area contributed by atoms with Gasteiger partial charge in [-0.2, -0.15) is 0 Å². The first-order chi connectivity index (χ1) is 6.75. The van der Waals surface area contributed by atoms with Crippen LogP contribution in [0.1, 0.15) is 24.3 Å². The number of benzene rings is 1. The Bertz CT molecular complexity index is 299. The summed E-state index contributed by atoms with van der Waals surface area (Å²) in [4.78, 5) is 0. The number of rotatable bonds is 1. The van der Waals surface area contributed by atoms with Gasteiger partial charge >= 0.3 is 0 Å². The summed E-state index contributed by atoms with van der Waals surface area (Å²) in [5.74, 6) is 0.356. The molecule has 3 heteroatoms. The molecule has 76 valence electrons. The number of nitrogens with zero attached hydrogens (tertiary/aromatic N) is 1. The van der Waals surface area contributed by atoms with Gasteiger partial charge in [-0.05, 0) is 36.5 Å². The summed E-state index contributed by atoms with van der Waals surface area (Å²) in [6, 6.07) is 6.83. The molecule has 0 aromatic heterocycles. The normalized spacial score (nSPS) is 23.7. The molecule has 1 aliphatic rings. The summed E-state index contributed by atoms with van der Waals surface area (Å²) in [6.45, 7) is 2.02. The van der Waals surface area contributed by atoms with Gasteiger partial charge in [-0.1, -0.05) is 24.9 Å². The van der Waals surface area contributed by atoms with Crippen LogP contribution in [0.4, 0.5) is 4.39 Å². The summed E-state index contributed by atoms with van der Waals surface area (Å²) < 4.78 is 14.7. The van der Waals surface area contributed by atoms with Crippen LogP contribution in [-0.2, 0) is 0 Å². The quantitative estimate of drug-likeness (QED) is 0.699. The minimum absolute atomic E-state index is 0.160. The predicted octanol–water partition coefficient (Wildman–Crippen LogP) is 2.85. The van der Waals surface area contributed by atoms with Crippen molar-refractivity contribution in [1.29, 1.82) is 0 Å². The first-order valence-electron chi connectivity index (χ1n) is 4.95. The minimum Gasteiger partial charge on any atom is -0.253 e. The van der Waals surface area contributed by atoms with Crippen LogP contribution in [0.2, 0.25) is 0 Å². The number of hydrogen-bond donors (Lipinski definition) is 1. The molecule has 0 amide bonds. The zero-order valence-electron chi connectivity index (χ0n) is 7.99. The summed E-state index contributed by atoms with van der Waals surface area (Å²) >= 11 is 4.35. The lowest BCUT2D eigenvalue weighted by Gasteiger charge is -2.28. The van der Waals surface area contributed by atoms with Gasteiger partial charge in [-0.3, -0.25) is 4.31 Å². The fraction of sp³-hybridized carbons (Fsp3) is 0.455. The number of piperidine rings is 1. The minimum atomic E-state index is -0.160. The van der Waals surface area contributed by atoms with E-state index in [9.17, 15) is 4.39 Å². The molecule has 1 aromatic carbocycles. The van der Waals surface area contributed by atoms with Crippen LogP contribution in [0.5, 0.6) is 0 Å². The van der Waals surface area contributed by atoms with E-state index in [-0.39, 0.29) is 5.82 Å². The molecule has 1 nitrogen and oxygen atoms in total. The third-order valence-corrected chi connectivity index (χ3v) is 3.10. The molecule has 1 fully saturated rings. The van der Waals surface area contributed by atoms with E-state index < -0.39 is 0 Å². The highest BCUT2D eigenvalue weighted by Crippen LogP contribution is 2.27. The summed E-state index contributed by atoms with van der Waals surface area (Å²) in [7, 11) is 0. The summed E-state index contributed by atoms with van der Waals surface area (Å²) in [5, 5.41) is 0. The maximum absolute atomic E-state index is 12.7. The monoisotopic (exact) mass is 211 g/mol. The Morgan fingerprint density at radius 2 is 2.00 bits per heavy atom. The van der Waals surface area contributed by atoms with E-state index in [0.717, 1.165) is 13.1 Å². The number of hydrogen-bond acceptors (Lipinski definition) is 2. The average molecular weight is 211 g/mol. The van der Waals surface area contributed by atoms with E-state index >= 15 is 0 Å². The van der Waals surface area contributed by atoms with Gasteiger partial charge in [0.1, 0.15) is 5.82 Å². The summed E-state index contributed by atoms with van der Waals surface area (Å²) in [6.07, 6.45) is 2.36. The lowest BCUT2D eigenvalue weighted by Crippen LogP contribution is -2.26. The smallest absolute Gasteiger partial charge is 0.123 e. The number of halogens is 1. The van der Waals surface area contributed by atoms with Gasteiger partial charge in [0.05, 0.1) is 0 Å². The van der Waals surface area contributed by atoms with E-state index in [1.54, 1.807) is 0 Å². The third kappa shape index (κ3) is 2.28. The second-order valence-corrected chi connectivity index (χ2v) is 4.37. The van der Waals surface area contributed by atoms with Crippen molar-refractivity contribution in [3.63, 3.8) is 0 Å². The molecule has 0 N–H and O–H groups in total. The van der Waals surface area contributed by atoms with Crippen LogP contribution in [-0.4, -0.2) is 17.4 Å². The van der Waals surface area contributed by atoms with Crippen LogP contribution < -0.4 is 0 Å². The maximum atomic E-state index is 12.7. The molecule has 0 bridgehead atoms. The molecule has 2 rings (SSSR count). The van der Waals surface area contributed by atoms with Gasteiger partial charge < -0.3 is 0 Å². The SMILES string of the molecule is Fc1ccc(C2CCCN(S)C2)cc1. The van der Waals surface area contributed by atoms with Crippen molar-refractivity contribution >= 4 is 12.8 Å². The maximum Gasteiger partial charge on any atom is 0.123 e. The second-order valence-electron chi connectivity index (χ2n) is 3.80. The largest absolute Gasteiger partial charge is 0.253 e. The second kappa shape index (κ2) is 4.32. The average Bonchev–Trinajstić information content (AvgIpc) is 2.19. The van der Waals surface area contributed by atoms with Crippen LogP contribution in [0.3, 0.4) is 0 Å². The molecule has 0 saturated carbocycles. The van der Waals surface area contributed by atoms with Crippen molar-refractivity contribution in [3.8, 4) is 0 Å². The van der Waals surface area contributed by atoms with Crippen molar-refractivity contribution < 1.29 is 4.39 Å². The van der Waals surface area contributed by atoms with E-state index in [2.05, 4.69) is 12.8 Å². The highest BCUT2D eigenvalue weighted by Gasteiger charge is 2.18. The molecule has 1 aliphatic heterocycles. The van der Waals surface area contributed by atoms with E-state index in [1.165, 1.54) is 30.5 Å². The first kappa shape index (κ1) is 9.99. The Morgan fingerprint density at radius 1 is 1.29 bits per heavy atom. The van der Waals surface area contributed by atoms with Crippen molar-refractivity contribution in [3.05, 3.63) is 35.6 Å². The highest BCUT2D eigenvalue weighted by molar-refractivity contribution is 7.77. The van der Waals surface area contributed by atoms with Crippen molar-refractivity contribution in [2.75, 3.05) is 13.1 Å². The molecule has 1 atom stereocenters. The van der Waals surface area contributed by atoms with E-state index in [1.807, 2.05) is 16.4 Å². The lowest BCUT2D eigenvalue weighted by atomic mass is 9.92. The van der Waals surface area contributed by atoms with Crippen LogP contribution >= 0.6 is 12.8 Å². The van der Waals surface area contributed by atoms with Gasteiger partial charge in [-0.15, -0.1) is 0 Å². The zero-order valence-corrected chi connectivity index (χ0v) is 8.88. The Morgan fingerprint density at radius 3 is 2.64 bits per heavy atom. The Hall–Kier alpha value is -0.540. The zero-order chi connectivity index (χ0) is 9.97.